The Kier molecular flexibility index (Phi) is 4.89. The summed E-state index contributed by atoms with van der Waals surface area (Å²) in [6, 6.07) is 5.26. The van der Waals surface area contributed by atoms with E-state index in [4.69, 9.17) is 9.47 Å². The molecule has 1 aromatic carbocycles. The summed E-state index contributed by atoms with van der Waals surface area (Å²) in [5.74, 6) is 0.434. The first-order valence-corrected chi connectivity index (χ1v) is 8.65. The standard InChI is InChI=1S/C17H19N3O4S/c1-10-9-25-17(18-10)19-16(22)11-6-15(21)20(8-11)12-4-5-13(23-2)14(7-12)24-3/h4-5,7,9,11H,6,8H2,1-3H3,(H,18,19,22). The molecule has 0 radical (unpaired) electrons. The van der Waals surface area contributed by atoms with Crippen LogP contribution >= 0.6 is 11.3 Å². The number of benzene rings is 1. The number of hydrogen-bond acceptors (Lipinski definition) is 6. The highest BCUT2D eigenvalue weighted by molar-refractivity contribution is 7.13. The Bertz CT molecular complexity index is 805. The van der Waals surface area contributed by atoms with Gasteiger partial charge >= 0.3 is 0 Å². The molecule has 1 saturated heterocycles. The SMILES string of the molecule is COc1ccc(N2CC(C(=O)Nc3nc(C)cs3)CC2=O)cc1OC. The van der Waals surface area contributed by atoms with E-state index in [2.05, 4.69) is 10.3 Å². The number of ether oxygens (including phenoxy) is 2. The maximum absolute atomic E-state index is 12.4. The Balaban J connectivity index is 1.73. The highest BCUT2D eigenvalue weighted by Gasteiger charge is 2.35. The van der Waals surface area contributed by atoms with Crippen molar-refractivity contribution in [3.8, 4) is 11.5 Å². The molecule has 1 aromatic heterocycles. The monoisotopic (exact) mass is 361 g/mol. The summed E-state index contributed by atoms with van der Waals surface area (Å²) in [5.41, 5.74) is 1.54. The van der Waals surface area contributed by atoms with Gasteiger partial charge in [-0.05, 0) is 19.1 Å². The van der Waals surface area contributed by atoms with Crippen molar-refractivity contribution in [3.63, 3.8) is 0 Å². The second-order valence-electron chi connectivity index (χ2n) is 5.73. The van der Waals surface area contributed by atoms with E-state index in [1.807, 2.05) is 12.3 Å². The predicted octanol–water partition coefficient (Wildman–Crippen LogP) is 2.46. The zero-order valence-electron chi connectivity index (χ0n) is 14.2. The third kappa shape index (κ3) is 3.58. The molecule has 2 heterocycles. The lowest BCUT2D eigenvalue weighted by Gasteiger charge is -2.18. The first-order valence-electron chi connectivity index (χ1n) is 7.77. The van der Waals surface area contributed by atoms with Gasteiger partial charge in [-0.25, -0.2) is 4.98 Å². The molecular formula is C17H19N3O4S. The number of aryl methyl sites for hydroxylation is 1. The molecule has 1 N–H and O–H groups in total. The van der Waals surface area contributed by atoms with E-state index in [1.165, 1.54) is 11.3 Å². The second-order valence-corrected chi connectivity index (χ2v) is 6.59. The van der Waals surface area contributed by atoms with Gasteiger partial charge in [0.2, 0.25) is 11.8 Å². The van der Waals surface area contributed by atoms with Crippen LogP contribution in [0, 0.1) is 12.8 Å². The van der Waals surface area contributed by atoms with Crippen molar-refractivity contribution in [3.05, 3.63) is 29.3 Å². The first-order chi connectivity index (χ1) is 12.0. The lowest BCUT2D eigenvalue weighted by Crippen LogP contribution is -2.28. The number of amides is 2. The van der Waals surface area contributed by atoms with Crippen LogP contribution < -0.4 is 19.7 Å². The molecule has 1 aliphatic heterocycles. The van der Waals surface area contributed by atoms with E-state index >= 15 is 0 Å². The molecule has 0 saturated carbocycles. The molecule has 1 atom stereocenters. The van der Waals surface area contributed by atoms with Gasteiger partial charge < -0.3 is 19.7 Å². The number of aromatic nitrogens is 1. The summed E-state index contributed by atoms with van der Waals surface area (Å²) in [4.78, 5) is 30.6. The lowest BCUT2D eigenvalue weighted by atomic mass is 10.1. The Hall–Kier alpha value is -2.61. The predicted molar refractivity (Wildman–Crippen MR) is 95.5 cm³/mol. The molecule has 0 spiro atoms. The van der Waals surface area contributed by atoms with Gasteiger partial charge in [0.05, 0.1) is 25.8 Å². The number of anilines is 2. The van der Waals surface area contributed by atoms with Gasteiger partial charge in [-0.1, -0.05) is 0 Å². The highest BCUT2D eigenvalue weighted by Crippen LogP contribution is 2.34. The van der Waals surface area contributed by atoms with Gasteiger partial charge in [-0.3, -0.25) is 9.59 Å². The number of rotatable bonds is 5. The Morgan fingerprint density at radius 2 is 2.08 bits per heavy atom. The summed E-state index contributed by atoms with van der Waals surface area (Å²) in [6.45, 7) is 2.19. The third-order valence-electron chi connectivity index (χ3n) is 4.02. The highest BCUT2D eigenvalue weighted by atomic mass is 32.1. The van der Waals surface area contributed by atoms with E-state index in [9.17, 15) is 9.59 Å². The van der Waals surface area contributed by atoms with Crippen LogP contribution in [0.2, 0.25) is 0 Å². The van der Waals surface area contributed by atoms with Gasteiger partial charge in [0.15, 0.2) is 16.6 Å². The van der Waals surface area contributed by atoms with Crippen LogP contribution in [0.4, 0.5) is 10.8 Å². The largest absolute Gasteiger partial charge is 0.493 e. The van der Waals surface area contributed by atoms with Crippen LogP contribution in [-0.4, -0.2) is 37.6 Å². The van der Waals surface area contributed by atoms with Crippen LogP contribution in [0.1, 0.15) is 12.1 Å². The zero-order valence-corrected chi connectivity index (χ0v) is 15.1. The maximum atomic E-state index is 12.4. The molecule has 0 aliphatic carbocycles. The fourth-order valence-electron chi connectivity index (χ4n) is 2.74. The summed E-state index contributed by atoms with van der Waals surface area (Å²) in [6.07, 6.45) is 0.171. The average molecular weight is 361 g/mol. The molecule has 0 bridgehead atoms. The molecule has 3 rings (SSSR count). The topological polar surface area (TPSA) is 80.8 Å². The minimum Gasteiger partial charge on any atom is -0.493 e. The van der Waals surface area contributed by atoms with Crippen molar-refractivity contribution in [1.82, 2.24) is 4.98 Å². The summed E-state index contributed by atoms with van der Waals surface area (Å²) in [7, 11) is 3.10. The minimum atomic E-state index is -0.412. The number of nitrogens with zero attached hydrogens (tertiary/aromatic N) is 2. The van der Waals surface area contributed by atoms with Gasteiger partial charge in [-0.15, -0.1) is 11.3 Å². The van der Waals surface area contributed by atoms with E-state index in [1.54, 1.807) is 37.3 Å². The van der Waals surface area contributed by atoms with Crippen LogP contribution in [-0.2, 0) is 9.59 Å². The van der Waals surface area contributed by atoms with E-state index in [0.29, 0.717) is 28.9 Å². The smallest absolute Gasteiger partial charge is 0.231 e. The van der Waals surface area contributed by atoms with Gasteiger partial charge in [-0.2, -0.15) is 0 Å². The Morgan fingerprint density at radius 3 is 2.72 bits per heavy atom. The van der Waals surface area contributed by atoms with Gasteiger partial charge in [0, 0.05) is 30.1 Å². The number of thiazole rings is 1. The zero-order chi connectivity index (χ0) is 18.0. The van der Waals surface area contributed by atoms with Gasteiger partial charge in [0.1, 0.15) is 0 Å². The third-order valence-corrected chi connectivity index (χ3v) is 4.90. The summed E-state index contributed by atoms with van der Waals surface area (Å²) >= 11 is 1.37. The number of carbonyl (C=O) groups is 2. The van der Waals surface area contributed by atoms with Crippen LogP contribution in [0.15, 0.2) is 23.6 Å². The molecule has 132 valence electrons. The molecule has 1 aliphatic rings. The Labute approximate surface area is 149 Å². The van der Waals surface area contributed by atoms with E-state index in [0.717, 1.165) is 5.69 Å². The molecule has 7 nitrogen and oxygen atoms in total. The van der Waals surface area contributed by atoms with Crippen molar-refractivity contribution in [1.29, 1.82) is 0 Å². The number of carbonyl (C=O) groups excluding carboxylic acids is 2. The lowest BCUT2D eigenvalue weighted by molar-refractivity contribution is -0.122. The molecule has 1 unspecified atom stereocenters. The number of hydrogen-bond donors (Lipinski definition) is 1. The molecular weight excluding hydrogens is 342 g/mol. The van der Waals surface area contributed by atoms with Crippen LogP contribution in [0.5, 0.6) is 11.5 Å². The molecule has 2 amide bonds. The molecule has 1 fully saturated rings. The van der Waals surface area contributed by atoms with Crippen molar-refractivity contribution >= 4 is 34.0 Å². The Morgan fingerprint density at radius 1 is 1.32 bits per heavy atom. The maximum Gasteiger partial charge on any atom is 0.231 e. The van der Waals surface area contributed by atoms with Crippen molar-refractivity contribution < 1.29 is 19.1 Å². The number of methoxy groups -OCH3 is 2. The van der Waals surface area contributed by atoms with Crippen molar-refractivity contribution in [2.45, 2.75) is 13.3 Å². The van der Waals surface area contributed by atoms with E-state index in [-0.39, 0.29) is 18.2 Å². The van der Waals surface area contributed by atoms with Crippen molar-refractivity contribution in [2.75, 3.05) is 31.0 Å². The summed E-state index contributed by atoms with van der Waals surface area (Å²) in [5, 5.41) is 5.20. The molecule has 8 heteroatoms. The number of nitrogens with one attached hydrogen (secondary N) is 1. The normalized spacial score (nSPS) is 16.8. The fourth-order valence-corrected chi connectivity index (χ4v) is 3.44. The van der Waals surface area contributed by atoms with Gasteiger partial charge in [0.25, 0.3) is 0 Å². The second kappa shape index (κ2) is 7.10. The molecule has 25 heavy (non-hydrogen) atoms. The quantitative estimate of drug-likeness (QED) is 0.885. The average Bonchev–Trinajstić information content (AvgIpc) is 3.19. The molecule has 2 aromatic rings. The van der Waals surface area contributed by atoms with Crippen LogP contribution in [0.25, 0.3) is 0 Å². The van der Waals surface area contributed by atoms with Crippen LogP contribution in [0.3, 0.4) is 0 Å². The van der Waals surface area contributed by atoms with Crippen molar-refractivity contribution in [2.24, 2.45) is 5.92 Å². The van der Waals surface area contributed by atoms with E-state index < -0.39 is 5.92 Å². The minimum absolute atomic E-state index is 0.0947. The summed E-state index contributed by atoms with van der Waals surface area (Å²) < 4.78 is 10.5. The fraction of sp³-hybridized carbons (Fsp3) is 0.353. The first kappa shape index (κ1) is 17.2.